The Morgan fingerprint density at radius 3 is 2.15 bits per heavy atom. The quantitative estimate of drug-likeness (QED) is 0.428. The van der Waals surface area contributed by atoms with Crippen LogP contribution in [0.2, 0.25) is 0 Å². The summed E-state index contributed by atoms with van der Waals surface area (Å²) < 4.78 is 0. The summed E-state index contributed by atoms with van der Waals surface area (Å²) >= 11 is 0. The van der Waals surface area contributed by atoms with Crippen LogP contribution in [0.5, 0.6) is 0 Å². The minimum Gasteiger partial charge on any atom is -0.396 e. The molecule has 0 amide bonds. The molecule has 0 aromatic rings. The van der Waals surface area contributed by atoms with E-state index in [9.17, 15) is 20.4 Å². The van der Waals surface area contributed by atoms with E-state index in [2.05, 4.69) is 47.6 Å². The van der Waals surface area contributed by atoms with Crippen LogP contribution in [0, 0.1) is 50.7 Å². The van der Waals surface area contributed by atoms with E-state index in [1.807, 2.05) is 0 Å². The van der Waals surface area contributed by atoms with Crippen molar-refractivity contribution >= 4 is 0 Å². The Balaban J connectivity index is 1.58. The lowest BCUT2D eigenvalue weighted by Gasteiger charge is -2.68. The molecule has 4 saturated carbocycles. The molecule has 188 valence electrons. The highest BCUT2D eigenvalue weighted by atomic mass is 16.3. The first-order chi connectivity index (χ1) is 15.2. The molecule has 5 aliphatic carbocycles. The molecule has 0 unspecified atom stereocenters. The second kappa shape index (κ2) is 7.31. The summed E-state index contributed by atoms with van der Waals surface area (Å²) in [5.74, 6) is 1.63. The van der Waals surface area contributed by atoms with Crippen molar-refractivity contribution in [2.45, 2.75) is 111 Å². The van der Waals surface area contributed by atoms with Crippen molar-refractivity contribution in [3.05, 3.63) is 11.6 Å². The molecule has 0 bridgehead atoms. The van der Waals surface area contributed by atoms with Crippen LogP contribution < -0.4 is 0 Å². The van der Waals surface area contributed by atoms with Gasteiger partial charge in [-0.2, -0.15) is 0 Å². The minimum absolute atomic E-state index is 0.00835. The smallest absolute Gasteiger partial charge is 0.0657 e. The average molecular weight is 461 g/mol. The van der Waals surface area contributed by atoms with E-state index in [0.717, 1.165) is 38.5 Å². The summed E-state index contributed by atoms with van der Waals surface area (Å²) in [7, 11) is 0. The van der Waals surface area contributed by atoms with Crippen molar-refractivity contribution in [1.29, 1.82) is 0 Å². The molecule has 10 atom stereocenters. The zero-order valence-corrected chi connectivity index (χ0v) is 21.8. The summed E-state index contributed by atoms with van der Waals surface area (Å²) in [6, 6.07) is 0. The Bertz CT molecular complexity index is 831. The summed E-state index contributed by atoms with van der Waals surface area (Å²) in [5, 5.41) is 44.3. The maximum absolute atomic E-state index is 11.6. The zero-order valence-electron chi connectivity index (χ0n) is 21.8. The van der Waals surface area contributed by atoms with Crippen LogP contribution in [0.1, 0.15) is 92.9 Å². The fourth-order valence-corrected chi connectivity index (χ4v) is 10.5. The van der Waals surface area contributed by atoms with Crippen molar-refractivity contribution in [2.24, 2.45) is 50.7 Å². The second-order valence-electron chi connectivity index (χ2n) is 14.7. The third kappa shape index (κ3) is 3.02. The van der Waals surface area contributed by atoms with Gasteiger partial charge in [0.1, 0.15) is 0 Å². The van der Waals surface area contributed by atoms with E-state index < -0.39 is 17.6 Å². The van der Waals surface area contributed by atoms with Gasteiger partial charge in [0.15, 0.2) is 0 Å². The third-order valence-corrected chi connectivity index (χ3v) is 12.3. The molecule has 5 rings (SSSR count). The molecular weight excluding hydrogens is 412 g/mol. The Labute approximate surface area is 200 Å². The Morgan fingerprint density at radius 2 is 1.48 bits per heavy atom. The molecule has 0 heterocycles. The molecule has 0 spiro atoms. The molecule has 0 aromatic carbocycles. The minimum atomic E-state index is -0.828. The molecule has 4 nitrogen and oxygen atoms in total. The molecule has 5 aliphatic rings. The molecule has 0 saturated heterocycles. The standard InChI is InChI=1S/C29H48O4/c1-25(2)13-20-19-8-7-17-18(9-10-21-26(3,4)22(31)11-12-27(17,21)5)28(19,6)15-24(33)29(20,16-30)23(32)14-25/h8,17-18,20-24,30-33H,7,9-16H2,1-6H3/t17-,18+,20-,21-,22-,23-,24-,27+,28-,29+/m0/s1. The molecule has 33 heavy (non-hydrogen) atoms. The highest BCUT2D eigenvalue weighted by molar-refractivity contribution is 5.33. The van der Waals surface area contributed by atoms with Crippen molar-refractivity contribution in [2.75, 3.05) is 6.61 Å². The lowest BCUT2D eigenvalue weighted by Crippen LogP contribution is -2.66. The normalized spacial score (nSPS) is 54.8. The predicted molar refractivity (Wildman–Crippen MR) is 130 cm³/mol. The first kappa shape index (κ1) is 24.3. The van der Waals surface area contributed by atoms with Gasteiger partial charge in [-0.05, 0) is 96.7 Å². The van der Waals surface area contributed by atoms with Gasteiger partial charge < -0.3 is 20.4 Å². The van der Waals surface area contributed by atoms with Crippen LogP contribution in [0.15, 0.2) is 11.6 Å². The first-order valence-electron chi connectivity index (χ1n) is 13.6. The fourth-order valence-electron chi connectivity index (χ4n) is 10.5. The van der Waals surface area contributed by atoms with Crippen molar-refractivity contribution in [3.63, 3.8) is 0 Å². The van der Waals surface area contributed by atoms with Crippen LogP contribution in [0.25, 0.3) is 0 Å². The molecule has 4 N–H and O–H groups in total. The topological polar surface area (TPSA) is 80.9 Å². The van der Waals surface area contributed by atoms with Gasteiger partial charge in [0.2, 0.25) is 0 Å². The highest BCUT2D eigenvalue weighted by Crippen LogP contribution is 2.71. The van der Waals surface area contributed by atoms with E-state index in [4.69, 9.17) is 0 Å². The van der Waals surface area contributed by atoms with Gasteiger partial charge in [0, 0.05) is 0 Å². The van der Waals surface area contributed by atoms with E-state index in [1.165, 1.54) is 5.57 Å². The molecule has 4 fully saturated rings. The van der Waals surface area contributed by atoms with Crippen LogP contribution in [-0.2, 0) is 0 Å². The lowest BCUT2D eigenvalue weighted by atomic mass is 9.37. The van der Waals surface area contributed by atoms with Crippen molar-refractivity contribution in [3.8, 4) is 0 Å². The maximum atomic E-state index is 11.6. The number of hydrogen-bond acceptors (Lipinski definition) is 4. The van der Waals surface area contributed by atoms with Crippen LogP contribution in [-0.4, -0.2) is 45.3 Å². The first-order valence-corrected chi connectivity index (χ1v) is 13.6. The second-order valence-corrected chi connectivity index (χ2v) is 14.7. The van der Waals surface area contributed by atoms with Crippen molar-refractivity contribution < 1.29 is 20.4 Å². The van der Waals surface area contributed by atoms with Gasteiger partial charge in [-0.15, -0.1) is 0 Å². The summed E-state index contributed by atoms with van der Waals surface area (Å²) in [6.45, 7) is 13.7. The lowest BCUT2D eigenvalue weighted by molar-refractivity contribution is -0.214. The monoisotopic (exact) mass is 460 g/mol. The van der Waals surface area contributed by atoms with Gasteiger partial charge >= 0.3 is 0 Å². The average Bonchev–Trinajstić information content (AvgIpc) is 2.70. The Morgan fingerprint density at radius 1 is 0.818 bits per heavy atom. The number of rotatable bonds is 1. The number of hydrogen-bond donors (Lipinski definition) is 4. The van der Waals surface area contributed by atoms with Crippen LogP contribution in [0.4, 0.5) is 0 Å². The number of aliphatic hydroxyl groups excluding tert-OH is 4. The van der Waals surface area contributed by atoms with Gasteiger partial charge in [0.05, 0.1) is 30.3 Å². The van der Waals surface area contributed by atoms with E-state index >= 15 is 0 Å². The zero-order chi connectivity index (χ0) is 24.2. The summed E-state index contributed by atoms with van der Waals surface area (Å²) in [5.41, 5.74) is 0.647. The summed E-state index contributed by atoms with van der Waals surface area (Å²) in [6.07, 6.45) is 8.41. The van der Waals surface area contributed by atoms with Gasteiger partial charge in [0.25, 0.3) is 0 Å². The fraction of sp³-hybridized carbons (Fsp3) is 0.931. The maximum Gasteiger partial charge on any atom is 0.0657 e. The van der Waals surface area contributed by atoms with E-state index in [0.29, 0.717) is 30.6 Å². The molecule has 0 aliphatic heterocycles. The third-order valence-electron chi connectivity index (χ3n) is 12.3. The van der Waals surface area contributed by atoms with Gasteiger partial charge in [-0.25, -0.2) is 0 Å². The largest absolute Gasteiger partial charge is 0.396 e. The Kier molecular flexibility index (Phi) is 5.38. The Hall–Kier alpha value is -0.420. The summed E-state index contributed by atoms with van der Waals surface area (Å²) in [4.78, 5) is 0. The van der Waals surface area contributed by atoms with E-state index in [-0.39, 0.29) is 40.3 Å². The number of aliphatic hydroxyl groups is 4. The van der Waals surface area contributed by atoms with Crippen LogP contribution >= 0.6 is 0 Å². The number of fused-ring (bicyclic) bond motifs is 7. The van der Waals surface area contributed by atoms with Gasteiger partial charge in [-0.1, -0.05) is 53.2 Å². The molecule has 4 heteroatoms. The van der Waals surface area contributed by atoms with Crippen molar-refractivity contribution in [1.82, 2.24) is 0 Å². The van der Waals surface area contributed by atoms with E-state index in [1.54, 1.807) is 0 Å². The highest BCUT2D eigenvalue weighted by Gasteiger charge is 2.67. The molecule has 0 aromatic heterocycles. The molecule has 0 radical (unpaired) electrons. The predicted octanol–water partition coefficient (Wildman–Crippen LogP) is 4.69. The number of allylic oxidation sites excluding steroid dienone is 2. The van der Waals surface area contributed by atoms with Gasteiger partial charge in [-0.3, -0.25) is 0 Å². The van der Waals surface area contributed by atoms with Crippen LogP contribution in [0.3, 0.4) is 0 Å². The SMILES string of the molecule is CC1(C)C[C@H](O)[C@]2(CO)[C@@H](O)C[C@]3(C)C(=CC[C@H]4[C@H]3CC[C@H]3C(C)(C)[C@@H](O)CC[C@]43C)[C@@H]2C1. The molecular formula is C29H48O4.